The summed E-state index contributed by atoms with van der Waals surface area (Å²) >= 11 is 2.19. The average Bonchev–Trinajstić information content (AvgIpc) is 2.06. The number of hydrogen-bond donors (Lipinski definition) is 1. The van der Waals surface area contributed by atoms with E-state index in [0.29, 0.717) is 6.61 Å². The van der Waals surface area contributed by atoms with Crippen molar-refractivity contribution in [3.63, 3.8) is 0 Å². The van der Waals surface area contributed by atoms with Gasteiger partial charge in [0.15, 0.2) is 0 Å². The summed E-state index contributed by atoms with van der Waals surface area (Å²) in [5, 5.41) is 2.50. The van der Waals surface area contributed by atoms with Crippen molar-refractivity contribution in [1.29, 1.82) is 0 Å². The molecule has 0 aromatic rings. The van der Waals surface area contributed by atoms with Crippen molar-refractivity contribution in [1.82, 2.24) is 5.32 Å². The number of alkyl halides is 1. The Labute approximate surface area is 86.7 Å². The van der Waals surface area contributed by atoms with Gasteiger partial charge < -0.3 is 4.74 Å². The molecule has 70 valence electrons. The first-order valence-electron chi connectivity index (χ1n) is 3.95. The van der Waals surface area contributed by atoms with E-state index >= 15 is 0 Å². The number of alkyl carbamates (subject to hydrolysis) is 1. The largest absolute Gasteiger partial charge is 0.449 e. The van der Waals surface area contributed by atoms with Gasteiger partial charge in [-0.25, -0.2) is 4.79 Å². The quantitative estimate of drug-likeness (QED) is 0.478. The molecule has 0 saturated heterocycles. The first-order chi connectivity index (χ1) is 5.81. The third-order valence-electron chi connectivity index (χ3n) is 1.14. The number of hydrogen-bond acceptors (Lipinski definition) is 2. The van der Waals surface area contributed by atoms with E-state index in [2.05, 4.69) is 34.8 Å². The summed E-state index contributed by atoms with van der Waals surface area (Å²) in [6.45, 7) is 2.55. The highest BCUT2D eigenvalue weighted by molar-refractivity contribution is 14.1. The molecule has 0 rings (SSSR count). The number of ether oxygens (including phenoxy) is 1. The van der Waals surface area contributed by atoms with Gasteiger partial charge in [-0.3, -0.25) is 5.32 Å². The van der Waals surface area contributed by atoms with Crippen molar-refractivity contribution in [2.75, 3.05) is 11.0 Å². The Balaban J connectivity index is 3.27. The van der Waals surface area contributed by atoms with E-state index in [1.165, 1.54) is 0 Å². The smallest absolute Gasteiger partial charge is 0.411 e. The molecular weight excluding hydrogens is 269 g/mol. The molecule has 0 atom stereocenters. The number of carbonyl (C=O) groups excluding carboxylic acids is 1. The number of amides is 1. The third kappa shape index (κ3) is 7.84. The van der Waals surface area contributed by atoms with Crippen LogP contribution >= 0.6 is 22.6 Å². The van der Waals surface area contributed by atoms with E-state index in [-0.39, 0.29) is 6.09 Å². The van der Waals surface area contributed by atoms with Crippen LogP contribution in [0.3, 0.4) is 0 Å². The van der Waals surface area contributed by atoms with Crippen LogP contribution in [0.4, 0.5) is 4.79 Å². The molecule has 0 unspecified atom stereocenters. The molecule has 0 heterocycles. The summed E-state index contributed by atoms with van der Waals surface area (Å²) < 4.78 is 5.71. The molecule has 0 fully saturated rings. The first kappa shape index (κ1) is 11.7. The zero-order chi connectivity index (χ0) is 9.23. The number of unbranched alkanes of at least 4 members (excludes halogenated alkanes) is 1. The van der Waals surface area contributed by atoms with E-state index in [1.54, 1.807) is 6.20 Å². The van der Waals surface area contributed by atoms with Crippen LogP contribution in [0.1, 0.15) is 19.8 Å². The second kappa shape index (κ2) is 8.83. The lowest BCUT2D eigenvalue weighted by atomic mass is 10.4. The fourth-order valence-electron chi connectivity index (χ4n) is 0.522. The van der Waals surface area contributed by atoms with E-state index in [1.807, 2.05) is 6.08 Å². The lowest BCUT2D eigenvalue weighted by Crippen LogP contribution is -2.18. The number of halogens is 1. The lowest BCUT2D eigenvalue weighted by molar-refractivity contribution is 0.148. The zero-order valence-electron chi connectivity index (χ0n) is 7.18. The highest BCUT2D eigenvalue weighted by Crippen LogP contribution is 1.88. The van der Waals surface area contributed by atoms with Crippen molar-refractivity contribution in [3.05, 3.63) is 12.3 Å². The van der Waals surface area contributed by atoms with E-state index in [0.717, 1.165) is 17.3 Å². The number of nitrogens with one attached hydrogen (secondary N) is 1. The Hall–Kier alpha value is -0.260. The fourth-order valence-corrected chi connectivity index (χ4v) is 0.777. The summed E-state index contributed by atoms with van der Waals surface area (Å²) in [7, 11) is 0. The van der Waals surface area contributed by atoms with E-state index in [4.69, 9.17) is 4.74 Å². The van der Waals surface area contributed by atoms with Crippen LogP contribution in [0.15, 0.2) is 12.3 Å². The normalized spacial score (nSPS) is 10.2. The molecule has 12 heavy (non-hydrogen) atoms. The van der Waals surface area contributed by atoms with Crippen molar-refractivity contribution in [2.45, 2.75) is 19.8 Å². The van der Waals surface area contributed by atoms with Gasteiger partial charge in [0.05, 0.1) is 6.61 Å². The van der Waals surface area contributed by atoms with Gasteiger partial charge in [0.25, 0.3) is 0 Å². The molecule has 0 saturated carbocycles. The van der Waals surface area contributed by atoms with Crippen molar-refractivity contribution >= 4 is 28.7 Å². The van der Waals surface area contributed by atoms with Crippen LogP contribution in [0.5, 0.6) is 0 Å². The van der Waals surface area contributed by atoms with Gasteiger partial charge in [-0.05, 0) is 6.42 Å². The number of rotatable bonds is 5. The minimum atomic E-state index is -0.371. The SMILES string of the molecule is CCCCOC(=O)NC=CCI. The lowest BCUT2D eigenvalue weighted by Gasteiger charge is -2.01. The molecule has 1 amide bonds. The molecule has 0 aliphatic heterocycles. The van der Waals surface area contributed by atoms with E-state index < -0.39 is 0 Å². The summed E-state index contributed by atoms with van der Waals surface area (Å²) in [6, 6.07) is 0. The van der Waals surface area contributed by atoms with Crippen LogP contribution in [0, 0.1) is 0 Å². The van der Waals surface area contributed by atoms with Gasteiger partial charge in [-0.1, -0.05) is 42.0 Å². The highest BCUT2D eigenvalue weighted by atomic mass is 127. The van der Waals surface area contributed by atoms with Crippen molar-refractivity contribution < 1.29 is 9.53 Å². The number of carbonyl (C=O) groups is 1. The van der Waals surface area contributed by atoms with Crippen molar-refractivity contribution in [2.24, 2.45) is 0 Å². The Bertz CT molecular complexity index is 148. The fraction of sp³-hybridized carbons (Fsp3) is 0.625. The molecule has 3 nitrogen and oxygen atoms in total. The zero-order valence-corrected chi connectivity index (χ0v) is 9.34. The van der Waals surface area contributed by atoms with Gasteiger partial charge in [0.1, 0.15) is 0 Å². The topological polar surface area (TPSA) is 38.3 Å². The Morgan fingerprint density at radius 3 is 3.00 bits per heavy atom. The average molecular weight is 283 g/mol. The predicted octanol–water partition coefficient (Wildman–Crippen LogP) is 2.46. The Morgan fingerprint density at radius 1 is 1.67 bits per heavy atom. The van der Waals surface area contributed by atoms with Crippen LogP contribution in [-0.2, 0) is 4.74 Å². The van der Waals surface area contributed by atoms with Crippen LogP contribution in [-0.4, -0.2) is 17.1 Å². The van der Waals surface area contributed by atoms with Gasteiger partial charge in [0, 0.05) is 10.6 Å². The first-order valence-corrected chi connectivity index (χ1v) is 5.48. The number of allylic oxidation sites excluding steroid dienone is 1. The van der Waals surface area contributed by atoms with Gasteiger partial charge in [-0.15, -0.1) is 0 Å². The second-order valence-electron chi connectivity index (χ2n) is 2.19. The van der Waals surface area contributed by atoms with Gasteiger partial charge in [0.2, 0.25) is 0 Å². The molecule has 0 radical (unpaired) electrons. The minimum Gasteiger partial charge on any atom is -0.449 e. The summed E-state index contributed by atoms with van der Waals surface area (Å²) in [5.41, 5.74) is 0. The highest BCUT2D eigenvalue weighted by Gasteiger charge is 1.95. The minimum absolute atomic E-state index is 0.371. The molecule has 0 spiro atoms. The molecule has 0 aromatic heterocycles. The summed E-state index contributed by atoms with van der Waals surface area (Å²) in [4.78, 5) is 10.8. The molecular formula is C8H14INO2. The molecule has 1 N–H and O–H groups in total. The third-order valence-corrected chi connectivity index (χ3v) is 1.65. The van der Waals surface area contributed by atoms with Gasteiger partial charge >= 0.3 is 6.09 Å². The Kier molecular flexibility index (Phi) is 8.64. The Morgan fingerprint density at radius 2 is 2.42 bits per heavy atom. The summed E-state index contributed by atoms with van der Waals surface area (Å²) in [5.74, 6) is 0. The standard InChI is InChI=1S/C8H14INO2/c1-2-3-7-12-8(11)10-6-4-5-9/h4,6H,2-3,5,7H2,1H3,(H,10,11). The molecule has 0 bridgehead atoms. The molecule has 0 aromatic carbocycles. The maximum absolute atomic E-state index is 10.8. The van der Waals surface area contributed by atoms with E-state index in [9.17, 15) is 4.79 Å². The molecule has 0 aliphatic carbocycles. The van der Waals surface area contributed by atoms with Crippen LogP contribution < -0.4 is 5.32 Å². The molecule has 4 heteroatoms. The van der Waals surface area contributed by atoms with Crippen LogP contribution in [0.2, 0.25) is 0 Å². The second-order valence-corrected chi connectivity index (χ2v) is 3.07. The van der Waals surface area contributed by atoms with Crippen LogP contribution in [0.25, 0.3) is 0 Å². The summed E-state index contributed by atoms with van der Waals surface area (Å²) in [6.07, 6.45) is 5.03. The molecule has 0 aliphatic rings. The predicted molar refractivity (Wildman–Crippen MR) is 57.4 cm³/mol. The van der Waals surface area contributed by atoms with Crippen molar-refractivity contribution in [3.8, 4) is 0 Å². The maximum atomic E-state index is 10.8. The monoisotopic (exact) mass is 283 g/mol. The van der Waals surface area contributed by atoms with Gasteiger partial charge in [-0.2, -0.15) is 0 Å². The maximum Gasteiger partial charge on any atom is 0.411 e.